The highest BCUT2D eigenvalue weighted by Gasteiger charge is 2.34. The molecule has 1 aromatic heterocycles. The molecule has 20 heavy (non-hydrogen) atoms. The number of likely N-dealkylation sites (tertiary alicyclic amines) is 1. The SMILES string of the molecule is CC(C)N1CC(O)[C@H](NC(=O)c2cc(C3CC3)on2)C1. The lowest BCUT2D eigenvalue weighted by molar-refractivity contribution is 0.0879. The molecule has 2 aliphatic rings. The Hall–Kier alpha value is -1.40. The molecule has 2 N–H and O–H groups in total. The van der Waals surface area contributed by atoms with Crippen LogP contribution in [0, 0.1) is 0 Å². The molecule has 1 amide bonds. The van der Waals surface area contributed by atoms with Gasteiger partial charge < -0.3 is 14.9 Å². The molecule has 6 heteroatoms. The van der Waals surface area contributed by atoms with Crippen LogP contribution in [0.5, 0.6) is 0 Å². The Bertz CT molecular complexity index is 496. The summed E-state index contributed by atoms with van der Waals surface area (Å²) in [4.78, 5) is 14.3. The fourth-order valence-corrected chi connectivity index (χ4v) is 2.58. The number of nitrogens with one attached hydrogen (secondary N) is 1. The van der Waals surface area contributed by atoms with Crippen LogP contribution in [-0.4, -0.2) is 52.3 Å². The van der Waals surface area contributed by atoms with Crippen molar-refractivity contribution < 1.29 is 14.4 Å². The van der Waals surface area contributed by atoms with Crippen LogP contribution >= 0.6 is 0 Å². The van der Waals surface area contributed by atoms with Gasteiger partial charge >= 0.3 is 0 Å². The Morgan fingerprint density at radius 3 is 2.85 bits per heavy atom. The van der Waals surface area contributed by atoms with E-state index >= 15 is 0 Å². The smallest absolute Gasteiger partial charge is 0.273 e. The maximum atomic E-state index is 12.1. The summed E-state index contributed by atoms with van der Waals surface area (Å²) in [6.07, 6.45) is 1.69. The number of hydrogen-bond donors (Lipinski definition) is 2. The Morgan fingerprint density at radius 1 is 1.50 bits per heavy atom. The van der Waals surface area contributed by atoms with Crippen molar-refractivity contribution >= 4 is 5.91 Å². The van der Waals surface area contributed by atoms with Crippen molar-refractivity contribution in [1.29, 1.82) is 0 Å². The summed E-state index contributed by atoms with van der Waals surface area (Å²) in [6, 6.07) is 1.83. The zero-order valence-electron chi connectivity index (χ0n) is 11.9. The molecule has 0 spiro atoms. The van der Waals surface area contributed by atoms with Gasteiger partial charge in [-0.25, -0.2) is 0 Å². The summed E-state index contributed by atoms with van der Waals surface area (Å²) in [7, 11) is 0. The molecular formula is C14H21N3O3. The molecule has 1 saturated heterocycles. The number of β-amino-alcohol motifs (C(OH)–C–C–N with tert-alkyl or cyclic N) is 1. The summed E-state index contributed by atoms with van der Waals surface area (Å²) in [5, 5.41) is 16.7. The van der Waals surface area contributed by atoms with Crippen molar-refractivity contribution in [3.63, 3.8) is 0 Å². The third kappa shape index (κ3) is 2.71. The lowest BCUT2D eigenvalue weighted by atomic mass is 10.2. The van der Waals surface area contributed by atoms with Crippen LogP contribution in [0.2, 0.25) is 0 Å². The van der Waals surface area contributed by atoms with Crippen LogP contribution in [0.15, 0.2) is 10.6 Å². The normalized spacial score (nSPS) is 27.2. The molecule has 2 fully saturated rings. The number of aliphatic hydroxyl groups excluding tert-OH is 1. The molecule has 1 unspecified atom stereocenters. The van der Waals surface area contributed by atoms with Crippen molar-refractivity contribution in [2.45, 2.75) is 50.8 Å². The van der Waals surface area contributed by atoms with Crippen LogP contribution in [-0.2, 0) is 0 Å². The first-order valence-corrected chi connectivity index (χ1v) is 7.24. The molecule has 1 aliphatic carbocycles. The van der Waals surface area contributed by atoms with Crippen LogP contribution in [0.25, 0.3) is 0 Å². The zero-order valence-corrected chi connectivity index (χ0v) is 11.9. The van der Waals surface area contributed by atoms with E-state index in [1.54, 1.807) is 6.07 Å². The first-order chi connectivity index (χ1) is 9.54. The number of hydrogen-bond acceptors (Lipinski definition) is 5. The largest absolute Gasteiger partial charge is 0.390 e. The predicted octanol–water partition coefficient (Wildman–Crippen LogP) is 0.735. The van der Waals surface area contributed by atoms with Crippen LogP contribution < -0.4 is 5.32 Å². The highest BCUT2D eigenvalue weighted by atomic mass is 16.5. The summed E-state index contributed by atoms with van der Waals surface area (Å²) in [5.74, 6) is 0.971. The average Bonchev–Trinajstić information content (AvgIpc) is 3.01. The number of rotatable bonds is 4. The van der Waals surface area contributed by atoms with Gasteiger partial charge in [0, 0.05) is 31.1 Å². The van der Waals surface area contributed by atoms with E-state index in [1.807, 2.05) is 0 Å². The van der Waals surface area contributed by atoms with Crippen LogP contribution in [0.1, 0.15) is 48.9 Å². The van der Waals surface area contributed by atoms with E-state index in [4.69, 9.17) is 4.52 Å². The second kappa shape index (κ2) is 5.18. The summed E-state index contributed by atoms with van der Waals surface area (Å²) in [6.45, 7) is 5.42. The number of carbonyl (C=O) groups excluding carboxylic acids is 1. The molecule has 6 nitrogen and oxygen atoms in total. The third-order valence-electron chi connectivity index (χ3n) is 4.10. The molecular weight excluding hydrogens is 258 g/mol. The second-order valence-electron chi connectivity index (χ2n) is 6.08. The quantitative estimate of drug-likeness (QED) is 0.849. The van der Waals surface area contributed by atoms with Gasteiger partial charge in [-0.2, -0.15) is 0 Å². The first kappa shape index (κ1) is 13.6. The summed E-state index contributed by atoms with van der Waals surface area (Å²) in [5.41, 5.74) is 0.307. The van der Waals surface area contributed by atoms with E-state index in [-0.39, 0.29) is 11.9 Å². The fraction of sp³-hybridized carbons (Fsp3) is 0.714. The van der Waals surface area contributed by atoms with E-state index in [9.17, 15) is 9.90 Å². The van der Waals surface area contributed by atoms with E-state index in [0.717, 1.165) is 18.6 Å². The number of carbonyl (C=O) groups is 1. The molecule has 0 radical (unpaired) electrons. The first-order valence-electron chi connectivity index (χ1n) is 7.24. The van der Waals surface area contributed by atoms with Crippen molar-refractivity contribution in [3.8, 4) is 0 Å². The monoisotopic (exact) mass is 279 g/mol. The Labute approximate surface area is 118 Å². The second-order valence-corrected chi connectivity index (χ2v) is 6.08. The minimum absolute atomic E-state index is 0.244. The van der Waals surface area contributed by atoms with E-state index in [0.29, 0.717) is 30.7 Å². The molecule has 0 bridgehead atoms. The van der Waals surface area contributed by atoms with Crippen LogP contribution in [0.3, 0.4) is 0 Å². The summed E-state index contributed by atoms with van der Waals surface area (Å²) < 4.78 is 5.18. The Balaban J connectivity index is 1.60. The highest BCUT2D eigenvalue weighted by molar-refractivity contribution is 5.92. The van der Waals surface area contributed by atoms with Gasteiger partial charge in [-0.3, -0.25) is 9.69 Å². The minimum atomic E-state index is -0.531. The van der Waals surface area contributed by atoms with Gasteiger partial charge in [0.05, 0.1) is 12.1 Å². The molecule has 3 rings (SSSR count). The van der Waals surface area contributed by atoms with E-state index in [2.05, 4.69) is 29.2 Å². The van der Waals surface area contributed by atoms with E-state index in [1.165, 1.54) is 0 Å². The Kier molecular flexibility index (Phi) is 3.52. The average molecular weight is 279 g/mol. The fourth-order valence-electron chi connectivity index (χ4n) is 2.58. The maximum absolute atomic E-state index is 12.1. The zero-order chi connectivity index (χ0) is 14.3. The molecule has 0 aromatic carbocycles. The molecule has 110 valence electrons. The van der Waals surface area contributed by atoms with Crippen molar-refractivity contribution in [2.75, 3.05) is 13.1 Å². The number of aliphatic hydroxyl groups is 1. The number of amides is 1. The lowest BCUT2D eigenvalue weighted by Crippen LogP contribution is -2.43. The van der Waals surface area contributed by atoms with Crippen molar-refractivity contribution in [1.82, 2.24) is 15.4 Å². The van der Waals surface area contributed by atoms with Gasteiger partial charge in [0.15, 0.2) is 5.69 Å². The van der Waals surface area contributed by atoms with Crippen molar-refractivity contribution in [2.24, 2.45) is 0 Å². The van der Waals surface area contributed by atoms with Gasteiger partial charge in [-0.05, 0) is 26.7 Å². The van der Waals surface area contributed by atoms with Gasteiger partial charge in [-0.15, -0.1) is 0 Å². The van der Waals surface area contributed by atoms with Gasteiger partial charge in [0.2, 0.25) is 0 Å². The van der Waals surface area contributed by atoms with Gasteiger partial charge in [-0.1, -0.05) is 5.16 Å². The highest BCUT2D eigenvalue weighted by Crippen LogP contribution is 2.40. The molecule has 1 saturated carbocycles. The molecule has 2 atom stereocenters. The predicted molar refractivity (Wildman–Crippen MR) is 72.4 cm³/mol. The van der Waals surface area contributed by atoms with Gasteiger partial charge in [0.25, 0.3) is 5.91 Å². The molecule has 1 aliphatic heterocycles. The Morgan fingerprint density at radius 2 is 2.25 bits per heavy atom. The number of nitrogens with zero attached hydrogens (tertiary/aromatic N) is 2. The standard InChI is InChI=1S/C14H21N3O3/c1-8(2)17-6-11(12(18)7-17)15-14(19)10-5-13(20-16-10)9-3-4-9/h5,8-9,11-12,18H,3-4,6-7H2,1-2H3,(H,15,19)/t11-,12?/m1/s1. The molecule has 2 heterocycles. The maximum Gasteiger partial charge on any atom is 0.273 e. The van der Waals surface area contributed by atoms with Crippen molar-refractivity contribution in [3.05, 3.63) is 17.5 Å². The van der Waals surface area contributed by atoms with Gasteiger partial charge in [0.1, 0.15) is 5.76 Å². The topological polar surface area (TPSA) is 78.6 Å². The molecule has 1 aromatic rings. The third-order valence-corrected chi connectivity index (χ3v) is 4.10. The minimum Gasteiger partial charge on any atom is -0.390 e. The number of aromatic nitrogens is 1. The lowest BCUT2D eigenvalue weighted by Gasteiger charge is -2.19. The van der Waals surface area contributed by atoms with E-state index < -0.39 is 6.10 Å². The summed E-state index contributed by atoms with van der Waals surface area (Å²) >= 11 is 0. The van der Waals surface area contributed by atoms with Crippen LogP contribution in [0.4, 0.5) is 0 Å².